The molecule has 0 spiro atoms. The molecule has 6 nitrogen and oxygen atoms in total. The number of pyridine rings is 1. The predicted molar refractivity (Wildman–Crippen MR) is 89.0 cm³/mol. The van der Waals surface area contributed by atoms with Gasteiger partial charge in [0.2, 0.25) is 5.88 Å². The fraction of sp³-hybridized carbons (Fsp3) is 0.500. The van der Waals surface area contributed by atoms with E-state index in [2.05, 4.69) is 19.9 Å². The molecule has 1 amide bonds. The first-order valence-corrected chi connectivity index (χ1v) is 8.60. The van der Waals surface area contributed by atoms with E-state index >= 15 is 0 Å². The Hall–Kier alpha value is -2.37. The van der Waals surface area contributed by atoms with Crippen molar-refractivity contribution in [2.24, 2.45) is 5.92 Å². The van der Waals surface area contributed by atoms with E-state index in [0.717, 1.165) is 37.5 Å². The van der Waals surface area contributed by atoms with Crippen LogP contribution in [0, 0.1) is 12.8 Å². The van der Waals surface area contributed by atoms with Crippen molar-refractivity contribution in [3.8, 4) is 5.88 Å². The summed E-state index contributed by atoms with van der Waals surface area (Å²) in [5.74, 6) is 2.31. The monoisotopic (exact) mass is 326 g/mol. The number of carbonyl (C=O) groups excluding carboxylic acids is 1. The molecule has 0 bridgehead atoms. The third-order valence-corrected chi connectivity index (χ3v) is 4.61. The Balaban J connectivity index is 1.34. The van der Waals surface area contributed by atoms with Crippen LogP contribution in [0.2, 0.25) is 0 Å². The Labute approximate surface area is 141 Å². The summed E-state index contributed by atoms with van der Waals surface area (Å²) in [4.78, 5) is 21.1. The number of nitrogens with zero attached hydrogens (tertiary/aromatic N) is 3. The number of nitrogens with one attached hydrogen (secondary N) is 1. The second kappa shape index (κ2) is 6.26. The zero-order valence-corrected chi connectivity index (χ0v) is 13.9. The number of hydrogen-bond acceptors (Lipinski definition) is 4. The first kappa shape index (κ1) is 15.2. The van der Waals surface area contributed by atoms with Crippen LogP contribution in [0.3, 0.4) is 0 Å². The normalized spacial score (nSPS) is 19.6. The van der Waals surface area contributed by atoms with Crippen molar-refractivity contribution in [3.05, 3.63) is 41.6 Å². The summed E-state index contributed by atoms with van der Waals surface area (Å²) in [5.41, 5.74) is 1.60. The van der Waals surface area contributed by atoms with Crippen molar-refractivity contribution in [2.75, 3.05) is 6.61 Å². The first-order chi connectivity index (χ1) is 11.7. The van der Waals surface area contributed by atoms with Crippen molar-refractivity contribution >= 4 is 5.91 Å². The molecule has 2 aliphatic rings. The van der Waals surface area contributed by atoms with Gasteiger partial charge in [-0.15, -0.1) is 0 Å². The van der Waals surface area contributed by atoms with E-state index in [-0.39, 0.29) is 11.9 Å². The minimum absolute atomic E-state index is 0.0819. The van der Waals surface area contributed by atoms with Crippen LogP contribution >= 0.6 is 0 Å². The summed E-state index contributed by atoms with van der Waals surface area (Å²) in [5, 5.41) is 3.10. The molecule has 1 atom stereocenters. The van der Waals surface area contributed by atoms with Gasteiger partial charge in [-0.1, -0.05) is 0 Å². The molecule has 3 heterocycles. The van der Waals surface area contributed by atoms with E-state index in [0.29, 0.717) is 17.4 Å². The molecule has 1 N–H and O–H groups in total. The maximum atomic E-state index is 12.4. The minimum Gasteiger partial charge on any atom is -0.477 e. The number of imidazole rings is 1. The number of carbonyl (C=O) groups is 1. The van der Waals surface area contributed by atoms with Gasteiger partial charge in [0.05, 0.1) is 17.9 Å². The molecule has 1 fully saturated rings. The fourth-order valence-corrected chi connectivity index (χ4v) is 3.06. The number of aryl methyl sites for hydroxylation is 2. The van der Waals surface area contributed by atoms with Crippen LogP contribution < -0.4 is 10.1 Å². The van der Waals surface area contributed by atoms with Gasteiger partial charge in [-0.05, 0) is 38.2 Å². The van der Waals surface area contributed by atoms with E-state index in [1.54, 1.807) is 18.3 Å². The number of amides is 1. The highest BCUT2D eigenvalue weighted by Crippen LogP contribution is 2.29. The molecule has 2 aromatic heterocycles. The highest BCUT2D eigenvalue weighted by molar-refractivity contribution is 5.94. The first-order valence-electron chi connectivity index (χ1n) is 8.60. The van der Waals surface area contributed by atoms with Crippen molar-refractivity contribution in [1.82, 2.24) is 19.9 Å². The summed E-state index contributed by atoms with van der Waals surface area (Å²) in [7, 11) is 0. The van der Waals surface area contributed by atoms with E-state index < -0.39 is 0 Å². The van der Waals surface area contributed by atoms with Gasteiger partial charge in [0.1, 0.15) is 5.82 Å². The van der Waals surface area contributed by atoms with Gasteiger partial charge in [0.25, 0.3) is 5.91 Å². The summed E-state index contributed by atoms with van der Waals surface area (Å²) in [6.45, 7) is 3.50. The molecule has 6 heteroatoms. The number of fused-ring (bicyclic) bond motifs is 1. The minimum atomic E-state index is -0.0819. The molecule has 24 heavy (non-hydrogen) atoms. The molecule has 1 aliphatic heterocycles. The molecular formula is C18H22N4O2. The molecule has 1 aliphatic carbocycles. The van der Waals surface area contributed by atoms with Crippen LogP contribution in [0.4, 0.5) is 0 Å². The molecule has 0 saturated heterocycles. The Kier molecular flexibility index (Phi) is 3.96. The Bertz CT molecular complexity index is 734. The van der Waals surface area contributed by atoms with E-state index in [4.69, 9.17) is 4.74 Å². The lowest BCUT2D eigenvalue weighted by Crippen LogP contribution is -2.40. The topological polar surface area (TPSA) is 69.0 Å². The third-order valence-electron chi connectivity index (χ3n) is 4.61. The maximum Gasteiger partial charge on any atom is 0.253 e. The fourth-order valence-electron chi connectivity index (χ4n) is 3.06. The summed E-state index contributed by atoms with van der Waals surface area (Å²) in [6, 6.07) is 3.68. The highest BCUT2D eigenvalue weighted by Gasteiger charge is 2.23. The average Bonchev–Trinajstić information content (AvgIpc) is 3.33. The molecule has 2 aromatic rings. The average molecular weight is 326 g/mol. The SMILES string of the molecule is Cc1cn2c(n1)CC[C@H](NC(=O)c1ccc(OCC3CC3)nc1)C2. The molecule has 126 valence electrons. The van der Waals surface area contributed by atoms with Crippen molar-refractivity contribution in [2.45, 2.75) is 45.2 Å². The van der Waals surface area contributed by atoms with Gasteiger partial charge in [0.15, 0.2) is 0 Å². The maximum absolute atomic E-state index is 12.4. The second-order valence-electron chi connectivity index (χ2n) is 6.80. The Morgan fingerprint density at radius 2 is 2.25 bits per heavy atom. The summed E-state index contributed by atoms with van der Waals surface area (Å²) >= 11 is 0. The standard InChI is InChI=1S/C18H22N4O2/c1-12-9-22-10-15(5-6-16(22)20-12)21-18(23)14-4-7-17(19-8-14)24-11-13-2-3-13/h4,7-9,13,15H,2-3,5-6,10-11H2,1H3,(H,21,23)/t15-/m0/s1. The zero-order chi connectivity index (χ0) is 16.5. The number of rotatable bonds is 5. The van der Waals surface area contributed by atoms with Gasteiger partial charge in [-0.25, -0.2) is 9.97 Å². The van der Waals surface area contributed by atoms with E-state index in [9.17, 15) is 4.79 Å². The molecule has 4 rings (SSSR count). The lowest BCUT2D eigenvalue weighted by molar-refractivity contribution is 0.0927. The molecule has 0 radical (unpaired) electrons. The van der Waals surface area contributed by atoms with Gasteiger partial charge in [-0.3, -0.25) is 4.79 Å². The lowest BCUT2D eigenvalue weighted by atomic mass is 10.1. The van der Waals surface area contributed by atoms with Crippen molar-refractivity contribution in [3.63, 3.8) is 0 Å². The van der Waals surface area contributed by atoms with Gasteiger partial charge in [-0.2, -0.15) is 0 Å². The van der Waals surface area contributed by atoms with Gasteiger partial charge < -0.3 is 14.6 Å². The van der Waals surface area contributed by atoms with E-state index in [1.165, 1.54) is 12.8 Å². The van der Waals surface area contributed by atoms with Crippen LogP contribution in [0.15, 0.2) is 24.5 Å². The molecular weight excluding hydrogens is 304 g/mol. The number of ether oxygens (including phenoxy) is 1. The Morgan fingerprint density at radius 3 is 3.00 bits per heavy atom. The second-order valence-corrected chi connectivity index (χ2v) is 6.80. The predicted octanol–water partition coefficient (Wildman–Crippen LogP) is 2.12. The van der Waals surface area contributed by atoms with Crippen LogP contribution in [0.1, 0.15) is 41.1 Å². The van der Waals surface area contributed by atoms with Crippen molar-refractivity contribution in [1.29, 1.82) is 0 Å². The summed E-state index contributed by atoms with van der Waals surface area (Å²) in [6.07, 6.45) is 7.94. The van der Waals surface area contributed by atoms with Crippen LogP contribution in [0.25, 0.3) is 0 Å². The quantitative estimate of drug-likeness (QED) is 0.914. The Morgan fingerprint density at radius 1 is 1.38 bits per heavy atom. The van der Waals surface area contributed by atoms with Gasteiger partial charge >= 0.3 is 0 Å². The third kappa shape index (κ3) is 3.42. The number of hydrogen-bond donors (Lipinski definition) is 1. The van der Waals surface area contributed by atoms with Crippen LogP contribution in [-0.4, -0.2) is 33.1 Å². The van der Waals surface area contributed by atoms with Crippen molar-refractivity contribution < 1.29 is 9.53 Å². The number of aromatic nitrogens is 3. The zero-order valence-electron chi connectivity index (χ0n) is 13.9. The molecule has 0 unspecified atom stereocenters. The molecule has 1 saturated carbocycles. The van der Waals surface area contributed by atoms with Crippen LogP contribution in [0.5, 0.6) is 5.88 Å². The smallest absolute Gasteiger partial charge is 0.253 e. The summed E-state index contributed by atoms with van der Waals surface area (Å²) < 4.78 is 7.74. The van der Waals surface area contributed by atoms with Gasteiger partial charge in [0, 0.05) is 37.5 Å². The highest BCUT2D eigenvalue weighted by atomic mass is 16.5. The van der Waals surface area contributed by atoms with Crippen LogP contribution in [-0.2, 0) is 13.0 Å². The molecule has 0 aromatic carbocycles. The largest absolute Gasteiger partial charge is 0.477 e. The van der Waals surface area contributed by atoms with E-state index in [1.807, 2.05) is 13.1 Å². The lowest BCUT2D eigenvalue weighted by Gasteiger charge is -2.24.